The standard InChI is InChI=1S/C17H25ClN4O2/c1-2-19-17(21-13-16(23)22-10-3-4-11-22)20-9-12-24-15-7-5-14(18)6-8-15/h5-8H,2-4,9-13H2,1H3,(H2,19,20,21). The van der Waals surface area contributed by atoms with E-state index in [1.807, 2.05) is 24.0 Å². The van der Waals surface area contributed by atoms with Crippen molar-refractivity contribution in [3.05, 3.63) is 29.3 Å². The fraction of sp³-hybridized carbons (Fsp3) is 0.529. The van der Waals surface area contributed by atoms with Crippen LogP contribution in [0.25, 0.3) is 0 Å². The SMILES string of the molecule is CCNC(=NCC(=O)N1CCCC1)NCCOc1ccc(Cl)cc1. The minimum Gasteiger partial charge on any atom is -0.492 e. The van der Waals surface area contributed by atoms with Crippen LogP contribution in [-0.4, -0.2) is 56.1 Å². The number of nitrogens with one attached hydrogen (secondary N) is 2. The maximum atomic E-state index is 12.0. The van der Waals surface area contributed by atoms with Crippen molar-refractivity contribution in [3.63, 3.8) is 0 Å². The average molecular weight is 353 g/mol. The smallest absolute Gasteiger partial charge is 0.244 e. The Balaban J connectivity index is 1.72. The maximum absolute atomic E-state index is 12.0. The number of amides is 1. The van der Waals surface area contributed by atoms with Gasteiger partial charge in [0, 0.05) is 24.7 Å². The highest BCUT2D eigenvalue weighted by molar-refractivity contribution is 6.30. The molecule has 0 saturated carbocycles. The number of hydrogen-bond acceptors (Lipinski definition) is 3. The lowest BCUT2D eigenvalue weighted by molar-refractivity contribution is -0.128. The highest BCUT2D eigenvalue weighted by Gasteiger charge is 2.17. The first kappa shape index (κ1) is 18.4. The molecule has 2 N–H and O–H groups in total. The minimum absolute atomic E-state index is 0.0853. The quantitative estimate of drug-likeness (QED) is 0.447. The van der Waals surface area contributed by atoms with Gasteiger partial charge in [0.05, 0.1) is 6.54 Å². The summed E-state index contributed by atoms with van der Waals surface area (Å²) >= 11 is 5.83. The lowest BCUT2D eigenvalue weighted by Gasteiger charge is -2.15. The third-order valence-corrected chi connectivity index (χ3v) is 3.90. The summed E-state index contributed by atoms with van der Waals surface area (Å²) in [6.07, 6.45) is 2.19. The highest BCUT2D eigenvalue weighted by atomic mass is 35.5. The zero-order chi connectivity index (χ0) is 17.2. The minimum atomic E-state index is 0.0853. The molecular weight excluding hydrogens is 328 g/mol. The first-order valence-electron chi connectivity index (χ1n) is 8.37. The Kier molecular flexibility index (Phi) is 7.68. The van der Waals surface area contributed by atoms with Crippen molar-refractivity contribution in [2.75, 3.05) is 39.3 Å². The van der Waals surface area contributed by atoms with Crippen molar-refractivity contribution in [2.45, 2.75) is 19.8 Å². The van der Waals surface area contributed by atoms with Crippen LogP contribution in [0.4, 0.5) is 0 Å². The molecule has 7 heteroatoms. The molecule has 1 aromatic carbocycles. The Morgan fingerprint density at radius 2 is 1.96 bits per heavy atom. The van der Waals surface area contributed by atoms with E-state index in [1.165, 1.54) is 0 Å². The molecule has 0 aromatic heterocycles. The molecule has 0 radical (unpaired) electrons. The predicted octanol–water partition coefficient (Wildman–Crippen LogP) is 1.90. The number of likely N-dealkylation sites (tertiary alicyclic amines) is 1. The summed E-state index contributed by atoms with van der Waals surface area (Å²) in [5.74, 6) is 1.49. The number of hydrogen-bond donors (Lipinski definition) is 2. The van der Waals surface area contributed by atoms with Crippen molar-refractivity contribution in [1.29, 1.82) is 0 Å². The molecule has 132 valence electrons. The van der Waals surface area contributed by atoms with Crippen LogP contribution in [0, 0.1) is 0 Å². The van der Waals surface area contributed by atoms with Crippen LogP contribution in [0.15, 0.2) is 29.3 Å². The Morgan fingerprint density at radius 3 is 2.62 bits per heavy atom. The first-order valence-corrected chi connectivity index (χ1v) is 8.75. The number of benzene rings is 1. The van der Waals surface area contributed by atoms with Crippen molar-refractivity contribution >= 4 is 23.5 Å². The number of ether oxygens (including phenoxy) is 1. The summed E-state index contributed by atoms with van der Waals surface area (Å²) < 4.78 is 5.62. The van der Waals surface area contributed by atoms with Gasteiger partial charge in [-0.25, -0.2) is 4.99 Å². The number of carbonyl (C=O) groups is 1. The van der Waals surface area contributed by atoms with Crippen LogP contribution >= 0.6 is 11.6 Å². The molecule has 0 spiro atoms. The molecule has 0 bridgehead atoms. The van der Waals surface area contributed by atoms with E-state index in [-0.39, 0.29) is 12.5 Å². The molecule has 2 rings (SSSR count). The van der Waals surface area contributed by atoms with Gasteiger partial charge in [0.25, 0.3) is 0 Å². The average Bonchev–Trinajstić information content (AvgIpc) is 3.12. The van der Waals surface area contributed by atoms with E-state index in [0.29, 0.717) is 24.1 Å². The zero-order valence-corrected chi connectivity index (χ0v) is 14.8. The van der Waals surface area contributed by atoms with E-state index in [9.17, 15) is 4.79 Å². The van der Waals surface area contributed by atoms with Gasteiger partial charge in [-0.05, 0) is 44.0 Å². The van der Waals surface area contributed by atoms with Gasteiger partial charge in [-0.15, -0.1) is 0 Å². The molecule has 24 heavy (non-hydrogen) atoms. The summed E-state index contributed by atoms with van der Waals surface area (Å²) in [5.41, 5.74) is 0. The summed E-state index contributed by atoms with van der Waals surface area (Å²) in [7, 11) is 0. The Hall–Kier alpha value is -1.95. The molecule has 1 heterocycles. The topological polar surface area (TPSA) is 66.0 Å². The lowest BCUT2D eigenvalue weighted by atomic mass is 10.3. The molecule has 0 atom stereocenters. The second kappa shape index (κ2) is 10.0. The molecule has 1 fully saturated rings. The number of halogens is 1. The van der Waals surface area contributed by atoms with Crippen LogP contribution in [0.5, 0.6) is 5.75 Å². The Labute approximate surface area is 148 Å². The van der Waals surface area contributed by atoms with E-state index in [4.69, 9.17) is 16.3 Å². The molecule has 1 amide bonds. The summed E-state index contributed by atoms with van der Waals surface area (Å²) in [4.78, 5) is 18.2. The van der Waals surface area contributed by atoms with Gasteiger partial charge < -0.3 is 20.3 Å². The summed E-state index contributed by atoms with van der Waals surface area (Å²) in [6.45, 7) is 5.69. The number of guanidine groups is 1. The summed E-state index contributed by atoms with van der Waals surface area (Å²) in [5, 5.41) is 6.98. The van der Waals surface area contributed by atoms with Gasteiger partial charge in [0.15, 0.2) is 5.96 Å². The molecule has 0 unspecified atom stereocenters. The molecule has 1 aromatic rings. The van der Waals surface area contributed by atoms with Crippen molar-refractivity contribution < 1.29 is 9.53 Å². The van der Waals surface area contributed by atoms with E-state index in [1.54, 1.807) is 12.1 Å². The number of rotatable bonds is 7. The third kappa shape index (κ3) is 6.28. The van der Waals surface area contributed by atoms with Gasteiger partial charge >= 0.3 is 0 Å². The molecule has 1 aliphatic rings. The van der Waals surface area contributed by atoms with Crippen molar-refractivity contribution in [1.82, 2.24) is 15.5 Å². The summed E-state index contributed by atoms with van der Waals surface area (Å²) in [6, 6.07) is 7.24. The molecule has 6 nitrogen and oxygen atoms in total. The fourth-order valence-electron chi connectivity index (χ4n) is 2.42. The Morgan fingerprint density at radius 1 is 1.25 bits per heavy atom. The van der Waals surface area contributed by atoms with Crippen LogP contribution < -0.4 is 15.4 Å². The number of carbonyl (C=O) groups excluding carboxylic acids is 1. The second-order valence-corrected chi connectivity index (χ2v) is 5.95. The molecule has 1 aliphatic heterocycles. The van der Waals surface area contributed by atoms with Gasteiger partial charge in [0.2, 0.25) is 5.91 Å². The molecular formula is C17H25ClN4O2. The number of nitrogens with zero attached hydrogens (tertiary/aromatic N) is 2. The van der Waals surface area contributed by atoms with E-state index in [2.05, 4.69) is 15.6 Å². The van der Waals surface area contributed by atoms with Gasteiger partial charge in [-0.2, -0.15) is 0 Å². The van der Waals surface area contributed by atoms with E-state index >= 15 is 0 Å². The van der Waals surface area contributed by atoms with Crippen molar-refractivity contribution in [2.24, 2.45) is 4.99 Å². The van der Waals surface area contributed by atoms with Gasteiger partial charge in [-0.1, -0.05) is 11.6 Å². The normalized spacial score (nSPS) is 14.6. The van der Waals surface area contributed by atoms with Gasteiger partial charge in [0.1, 0.15) is 18.9 Å². The monoisotopic (exact) mass is 352 g/mol. The largest absolute Gasteiger partial charge is 0.492 e. The maximum Gasteiger partial charge on any atom is 0.244 e. The third-order valence-electron chi connectivity index (χ3n) is 3.65. The fourth-order valence-corrected chi connectivity index (χ4v) is 2.55. The Bertz CT molecular complexity index is 542. The van der Waals surface area contributed by atoms with Crippen LogP contribution in [0.1, 0.15) is 19.8 Å². The second-order valence-electron chi connectivity index (χ2n) is 5.51. The first-order chi connectivity index (χ1) is 11.7. The van der Waals surface area contributed by atoms with E-state index in [0.717, 1.165) is 38.2 Å². The van der Waals surface area contributed by atoms with Crippen LogP contribution in [0.3, 0.4) is 0 Å². The number of aliphatic imine (C=N–C) groups is 1. The highest BCUT2D eigenvalue weighted by Crippen LogP contribution is 2.15. The molecule has 1 saturated heterocycles. The van der Waals surface area contributed by atoms with Crippen LogP contribution in [0.2, 0.25) is 5.02 Å². The van der Waals surface area contributed by atoms with Crippen molar-refractivity contribution in [3.8, 4) is 5.75 Å². The van der Waals surface area contributed by atoms with Crippen LogP contribution in [-0.2, 0) is 4.79 Å². The predicted molar refractivity (Wildman–Crippen MR) is 96.7 cm³/mol. The lowest BCUT2D eigenvalue weighted by Crippen LogP contribution is -2.40. The van der Waals surface area contributed by atoms with Gasteiger partial charge in [-0.3, -0.25) is 4.79 Å². The molecule has 0 aliphatic carbocycles. The van der Waals surface area contributed by atoms with E-state index < -0.39 is 0 Å². The zero-order valence-electron chi connectivity index (χ0n) is 14.1.